The maximum absolute atomic E-state index is 5.68. The number of nitrogens with two attached hydrogens (primary N) is 1. The summed E-state index contributed by atoms with van der Waals surface area (Å²) in [6.07, 6.45) is 1.78. The van der Waals surface area contributed by atoms with E-state index in [4.69, 9.17) is 10.3 Å². The number of aromatic nitrogens is 2. The van der Waals surface area contributed by atoms with Gasteiger partial charge in [-0.25, -0.2) is 0 Å². The lowest BCUT2D eigenvalue weighted by molar-refractivity contribution is 0.350. The van der Waals surface area contributed by atoms with Crippen molar-refractivity contribution in [2.45, 2.75) is 26.7 Å². The van der Waals surface area contributed by atoms with Crippen molar-refractivity contribution in [1.82, 2.24) is 10.1 Å². The van der Waals surface area contributed by atoms with Gasteiger partial charge in [0.15, 0.2) is 0 Å². The van der Waals surface area contributed by atoms with Crippen molar-refractivity contribution in [3.05, 3.63) is 35.7 Å². The van der Waals surface area contributed by atoms with E-state index in [0.717, 1.165) is 18.4 Å². The first-order valence-corrected chi connectivity index (χ1v) is 6.32. The van der Waals surface area contributed by atoms with Crippen LogP contribution in [0.15, 0.2) is 28.8 Å². The Morgan fingerprint density at radius 2 is 2.22 bits per heavy atom. The van der Waals surface area contributed by atoms with Crippen molar-refractivity contribution < 1.29 is 4.52 Å². The first-order chi connectivity index (χ1) is 8.72. The van der Waals surface area contributed by atoms with Crippen molar-refractivity contribution >= 4 is 0 Å². The third kappa shape index (κ3) is 2.96. The molecule has 1 heterocycles. The third-order valence-corrected chi connectivity index (χ3v) is 3.12. The van der Waals surface area contributed by atoms with Gasteiger partial charge in [-0.05, 0) is 25.5 Å². The van der Waals surface area contributed by atoms with E-state index < -0.39 is 0 Å². The Morgan fingerprint density at radius 3 is 2.89 bits per heavy atom. The molecule has 0 radical (unpaired) electrons. The molecule has 0 saturated heterocycles. The minimum absolute atomic E-state index is 0.413. The van der Waals surface area contributed by atoms with E-state index in [2.05, 4.69) is 23.1 Å². The molecule has 1 unspecified atom stereocenters. The van der Waals surface area contributed by atoms with E-state index in [0.29, 0.717) is 24.2 Å². The van der Waals surface area contributed by atoms with Crippen LogP contribution in [0.4, 0.5) is 0 Å². The highest BCUT2D eigenvalue weighted by atomic mass is 16.5. The van der Waals surface area contributed by atoms with Gasteiger partial charge in [0.25, 0.3) is 0 Å². The van der Waals surface area contributed by atoms with E-state index in [1.54, 1.807) is 0 Å². The van der Waals surface area contributed by atoms with E-state index in [9.17, 15) is 0 Å². The summed E-state index contributed by atoms with van der Waals surface area (Å²) in [5, 5.41) is 4.02. The Labute approximate surface area is 107 Å². The fourth-order valence-corrected chi connectivity index (χ4v) is 1.88. The van der Waals surface area contributed by atoms with E-state index in [1.807, 2.05) is 25.1 Å². The van der Waals surface area contributed by atoms with Crippen LogP contribution in [0, 0.1) is 12.8 Å². The fourth-order valence-electron chi connectivity index (χ4n) is 1.88. The smallest absolute Gasteiger partial charge is 0.227 e. The second kappa shape index (κ2) is 5.78. The monoisotopic (exact) mass is 245 g/mol. The lowest BCUT2D eigenvalue weighted by atomic mass is 10.0. The zero-order valence-electron chi connectivity index (χ0n) is 10.9. The van der Waals surface area contributed by atoms with Crippen LogP contribution in [-0.2, 0) is 6.42 Å². The van der Waals surface area contributed by atoms with Crippen LogP contribution in [0.2, 0.25) is 0 Å². The highest BCUT2D eigenvalue weighted by Gasteiger charge is 2.13. The molecule has 2 N–H and O–H groups in total. The first-order valence-electron chi connectivity index (χ1n) is 6.32. The van der Waals surface area contributed by atoms with E-state index in [-0.39, 0.29) is 0 Å². The molecule has 0 fully saturated rings. The summed E-state index contributed by atoms with van der Waals surface area (Å²) >= 11 is 0. The summed E-state index contributed by atoms with van der Waals surface area (Å²) in [6, 6.07) is 8.08. The number of hydrogen-bond acceptors (Lipinski definition) is 4. The van der Waals surface area contributed by atoms with Gasteiger partial charge in [0.05, 0.1) is 0 Å². The van der Waals surface area contributed by atoms with Gasteiger partial charge in [0.1, 0.15) is 0 Å². The molecule has 0 bridgehead atoms. The van der Waals surface area contributed by atoms with Gasteiger partial charge in [-0.2, -0.15) is 4.98 Å². The van der Waals surface area contributed by atoms with Crippen LogP contribution >= 0.6 is 0 Å². The summed E-state index contributed by atoms with van der Waals surface area (Å²) in [5.41, 5.74) is 7.86. The molecule has 0 aliphatic rings. The third-order valence-electron chi connectivity index (χ3n) is 3.12. The molecule has 2 aromatic rings. The number of aryl methyl sites for hydroxylation is 1. The molecule has 0 aliphatic heterocycles. The van der Waals surface area contributed by atoms with Crippen LogP contribution in [0.1, 0.15) is 24.8 Å². The molecule has 18 heavy (non-hydrogen) atoms. The Bertz CT molecular complexity index is 503. The van der Waals surface area contributed by atoms with Crippen LogP contribution in [0.25, 0.3) is 11.4 Å². The predicted molar refractivity (Wildman–Crippen MR) is 71.0 cm³/mol. The van der Waals surface area contributed by atoms with Crippen LogP contribution in [0.5, 0.6) is 0 Å². The molecular formula is C14H19N3O. The second-order valence-electron chi connectivity index (χ2n) is 4.60. The maximum Gasteiger partial charge on any atom is 0.227 e. The zero-order chi connectivity index (χ0) is 13.0. The SMILES string of the molecule is CCC(CN)Cc1nc(-c2cccc(C)c2)no1. The fraction of sp³-hybridized carbons (Fsp3) is 0.429. The first kappa shape index (κ1) is 12.8. The minimum atomic E-state index is 0.413. The lowest BCUT2D eigenvalue weighted by Gasteiger charge is -2.07. The molecule has 0 aliphatic carbocycles. The van der Waals surface area contributed by atoms with Gasteiger partial charge in [-0.15, -0.1) is 0 Å². The van der Waals surface area contributed by atoms with Gasteiger partial charge < -0.3 is 10.3 Å². The Kier molecular flexibility index (Phi) is 4.10. The van der Waals surface area contributed by atoms with Crippen molar-refractivity contribution in [3.63, 3.8) is 0 Å². The van der Waals surface area contributed by atoms with Crippen molar-refractivity contribution in [1.29, 1.82) is 0 Å². The molecule has 4 heteroatoms. The van der Waals surface area contributed by atoms with E-state index >= 15 is 0 Å². The maximum atomic E-state index is 5.68. The van der Waals surface area contributed by atoms with Crippen LogP contribution < -0.4 is 5.73 Å². The molecule has 0 spiro atoms. The Morgan fingerprint density at radius 1 is 1.39 bits per heavy atom. The van der Waals surface area contributed by atoms with E-state index in [1.165, 1.54) is 5.56 Å². The predicted octanol–water partition coefficient (Wildman–Crippen LogP) is 2.57. The van der Waals surface area contributed by atoms with Crippen LogP contribution in [-0.4, -0.2) is 16.7 Å². The average molecular weight is 245 g/mol. The summed E-state index contributed by atoms with van der Waals surface area (Å²) in [4.78, 5) is 4.42. The van der Waals surface area contributed by atoms with Crippen LogP contribution in [0.3, 0.4) is 0 Å². The van der Waals surface area contributed by atoms with Gasteiger partial charge >= 0.3 is 0 Å². The summed E-state index contributed by atoms with van der Waals surface area (Å²) < 4.78 is 5.28. The molecule has 4 nitrogen and oxygen atoms in total. The topological polar surface area (TPSA) is 64.9 Å². The second-order valence-corrected chi connectivity index (χ2v) is 4.60. The largest absolute Gasteiger partial charge is 0.339 e. The quantitative estimate of drug-likeness (QED) is 0.879. The standard InChI is InChI=1S/C14H19N3O/c1-3-11(9-15)8-13-16-14(17-18-13)12-6-4-5-10(2)7-12/h4-7,11H,3,8-9,15H2,1-2H3. The van der Waals surface area contributed by atoms with Crippen molar-refractivity contribution in [2.75, 3.05) is 6.54 Å². The number of nitrogens with zero attached hydrogens (tertiary/aromatic N) is 2. The Hall–Kier alpha value is -1.68. The number of hydrogen-bond donors (Lipinski definition) is 1. The average Bonchev–Trinajstić information content (AvgIpc) is 2.84. The summed E-state index contributed by atoms with van der Waals surface area (Å²) in [6.45, 7) is 4.82. The molecule has 0 amide bonds. The normalized spacial score (nSPS) is 12.6. The molecule has 1 aromatic heterocycles. The number of rotatable bonds is 5. The Balaban J connectivity index is 2.15. The van der Waals surface area contributed by atoms with Crippen molar-refractivity contribution in [2.24, 2.45) is 11.7 Å². The lowest BCUT2D eigenvalue weighted by Crippen LogP contribution is -2.15. The van der Waals surface area contributed by atoms with Crippen molar-refractivity contribution in [3.8, 4) is 11.4 Å². The van der Waals surface area contributed by atoms with Gasteiger partial charge in [-0.3, -0.25) is 0 Å². The highest BCUT2D eigenvalue weighted by molar-refractivity contribution is 5.55. The molecule has 1 atom stereocenters. The number of benzene rings is 1. The summed E-state index contributed by atoms with van der Waals surface area (Å²) in [5.74, 6) is 1.74. The van der Waals surface area contributed by atoms with Gasteiger partial charge in [0, 0.05) is 12.0 Å². The summed E-state index contributed by atoms with van der Waals surface area (Å²) in [7, 11) is 0. The zero-order valence-corrected chi connectivity index (χ0v) is 10.9. The van der Waals surface area contributed by atoms with Gasteiger partial charge in [0.2, 0.25) is 11.7 Å². The molecular weight excluding hydrogens is 226 g/mol. The molecule has 96 valence electrons. The highest BCUT2D eigenvalue weighted by Crippen LogP contribution is 2.18. The molecule has 0 saturated carbocycles. The molecule has 2 rings (SSSR count). The molecule has 1 aromatic carbocycles. The minimum Gasteiger partial charge on any atom is -0.339 e. The van der Waals surface area contributed by atoms with Gasteiger partial charge in [-0.1, -0.05) is 42.3 Å².